The van der Waals surface area contributed by atoms with Gasteiger partial charge in [-0.05, 0) is 18.4 Å². The molecule has 0 saturated carbocycles. The topological polar surface area (TPSA) is 95.7 Å². The summed E-state index contributed by atoms with van der Waals surface area (Å²) in [6, 6.07) is 0. The Balaban J connectivity index is 0.00000242. The number of piperidine rings is 1. The fourth-order valence-electron chi connectivity index (χ4n) is 2.49. The van der Waals surface area contributed by atoms with Crippen LogP contribution < -0.4 is 15.9 Å². The van der Waals surface area contributed by atoms with Gasteiger partial charge in [-0.25, -0.2) is 0 Å². The van der Waals surface area contributed by atoms with Crippen LogP contribution in [0.3, 0.4) is 0 Å². The summed E-state index contributed by atoms with van der Waals surface area (Å²) in [6.07, 6.45) is 7.64. The number of nitrogens with zero attached hydrogens (tertiary/aromatic N) is 2. The molecule has 0 unspecified atom stereocenters. The third kappa shape index (κ3) is 7.38. The third-order valence-corrected chi connectivity index (χ3v) is 3.65. The molecule has 0 bridgehead atoms. The molecule has 0 aromatic carbocycles. The standard InChI is InChI=1S/C15H22N5O.Rb.Y/c1-2-3-12-13(4-7-16)19-20-14(12)15(21)18-10-11-5-8-17-9-6-11;;/h3-4,7,11,16,19H,2,5-6,8-10H2,1H3,(H,18,21);;/q-1;;/b12-3+,13-4+,16-7?;;. The van der Waals surface area contributed by atoms with Crippen molar-refractivity contribution in [3.05, 3.63) is 21.6 Å². The van der Waals surface area contributed by atoms with Gasteiger partial charge in [0.25, 0.3) is 5.91 Å². The quantitative estimate of drug-likeness (QED) is 0.544. The first kappa shape index (κ1) is 24.0. The van der Waals surface area contributed by atoms with E-state index >= 15 is 0 Å². The Hall–Kier alpha value is 0.959. The van der Waals surface area contributed by atoms with Gasteiger partial charge < -0.3 is 16.0 Å². The van der Waals surface area contributed by atoms with E-state index in [0.717, 1.165) is 37.6 Å². The molecule has 3 N–H and O–H groups in total. The van der Waals surface area contributed by atoms with Gasteiger partial charge in [-0.2, -0.15) is 5.10 Å². The van der Waals surface area contributed by atoms with E-state index in [1.807, 2.05) is 13.0 Å². The van der Waals surface area contributed by atoms with E-state index in [4.69, 9.17) is 5.41 Å². The minimum Gasteiger partial charge on any atom is -0.662 e. The fraction of sp³-hybridized carbons (Fsp3) is 0.533. The predicted molar refractivity (Wildman–Crippen MR) is 89.7 cm³/mol. The van der Waals surface area contributed by atoms with Crippen LogP contribution in [0.25, 0.3) is 17.5 Å². The molecule has 1 aromatic heterocycles. The van der Waals surface area contributed by atoms with Crippen LogP contribution >= 0.6 is 0 Å². The summed E-state index contributed by atoms with van der Waals surface area (Å²) < 4.78 is 0. The molecule has 118 valence electrons. The number of amides is 1. The minimum absolute atomic E-state index is 0. The Morgan fingerprint density at radius 2 is 2.17 bits per heavy atom. The van der Waals surface area contributed by atoms with Gasteiger partial charge in [-0.3, -0.25) is 9.89 Å². The first-order chi connectivity index (χ1) is 10.3. The van der Waals surface area contributed by atoms with Gasteiger partial charge in [0.2, 0.25) is 0 Å². The van der Waals surface area contributed by atoms with Crippen molar-refractivity contribution in [3.63, 3.8) is 0 Å². The van der Waals surface area contributed by atoms with Crippen molar-refractivity contribution in [2.24, 2.45) is 5.92 Å². The van der Waals surface area contributed by atoms with Crippen LogP contribution in [0.5, 0.6) is 0 Å². The Kier molecular flexibility index (Phi) is 13.8. The zero-order valence-corrected chi connectivity index (χ0v) is 21.7. The van der Waals surface area contributed by atoms with E-state index in [1.54, 1.807) is 6.08 Å². The number of hydrogen-bond acceptors (Lipinski definition) is 3. The second-order valence-electron chi connectivity index (χ2n) is 5.17. The first-order valence-corrected chi connectivity index (χ1v) is 7.43. The number of nitrogens with one attached hydrogen (secondary N) is 3. The summed E-state index contributed by atoms with van der Waals surface area (Å²) in [7, 11) is 0. The molecule has 2 heterocycles. The zero-order valence-electron chi connectivity index (χ0n) is 13.9. The fourth-order valence-corrected chi connectivity index (χ4v) is 2.49. The molecule has 1 saturated heterocycles. The summed E-state index contributed by atoms with van der Waals surface area (Å²) in [5.74, 6) is 0.356. The second-order valence-corrected chi connectivity index (χ2v) is 5.17. The second kappa shape index (κ2) is 13.2. The van der Waals surface area contributed by atoms with E-state index in [-0.39, 0.29) is 96.8 Å². The van der Waals surface area contributed by atoms with Crippen LogP contribution in [0.2, 0.25) is 0 Å². The predicted octanol–water partition coefficient (Wildman–Crippen LogP) is 0.160. The van der Waals surface area contributed by atoms with Crippen molar-refractivity contribution < 1.29 is 37.5 Å². The van der Waals surface area contributed by atoms with Gasteiger partial charge >= 0.3 is 0 Å². The van der Waals surface area contributed by atoms with Gasteiger partial charge in [0.15, 0.2) is 5.69 Å². The van der Waals surface area contributed by atoms with Crippen molar-refractivity contribution >= 4 is 82.5 Å². The normalized spacial score (nSPS) is 16.4. The molecule has 0 atom stereocenters. The van der Waals surface area contributed by atoms with Crippen molar-refractivity contribution in [2.45, 2.75) is 26.2 Å². The maximum Gasteiger partial charge on any atom is 0.272 e. The number of rotatable bonds is 5. The molecule has 1 aliphatic heterocycles. The van der Waals surface area contributed by atoms with E-state index < -0.39 is 0 Å². The number of aromatic nitrogens is 2. The largest absolute Gasteiger partial charge is 0.662 e. The molecule has 0 spiro atoms. The van der Waals surface area contributed by atoms with Gasteiger partial charge in [0.05, 0.1) is 5.35 Å². The van der Waals surface area contributed by atoms with Gasteiger partial charge in [0, 0.05) is 109 Å². The Morgan fingerprint density at radius 3 is 2.78 bits per heavy atom. The maximum atomic E-state index is 12.3. The average molecular weight is 463 g/mol. The van der Waals surface area contributed by atoms with Gasteiger partial charge in [-0.1, -0.05) is 25.8 Å². The summed E-state index contributed by atoms with van der Waals surface area (Å²) in [6.45, 7) is 4.48. The molecule has 1 aromatic rings. The molecule has 1 aliphatic rings. The smallest absolute Gasteiger partial charge is 0.272 e. The number of aromatic amines is 1. The average Bonchev–Trinajstić information content (AvgIpc) is 2.90. The Morgan fingerprint density at radius 1 is 1.48 bits per heavy atom. The van der Waals surface area contributed by atoms with E-state index in [1.165, 1.54) is 6.21 Å². The van der Waals surface area contributed by atoms with Gasteiger partial charge in [-0.15, -0.1) is 13.1 Å². The number of carbonyl (C=O) groups excluding carboxylic acids is 1. The van der Waals surface area contributed by atoms with E-state index in [0.29, 0.717) is 23.5 Å². The summed E-state index contributed by atoms with van der Waals surface area (Å²) >= 11 is 0. The molecular formula is C15H22N5ORbY-. The number of H-pyrrole nitrogens is 1. The van der Waals surface area contributed by atoms with Crippen molar-refractivity contribution in [1.82, 2.24) is 15.5 Å². The molecule has 8 heteroatoms. The SMILES string of the molecule is CC/C=c1/c(C(=O)NCC2CC[N-]CC2)n[nH]/c1=C/C=N.[Rb].[Y]. The maximum absolute atomic E-state index is 12.3. The van der Waals surface area contributed by atoms with Crippen LogP contribution in [-0.2, 0) is 32.7 Å². The Bertz CT molecular complexity index is 610. The summed E-state index contributed by atoms with van der Waals surface area (Å²) in [4.78, 5) is 12.3. The molecule has 0 aliphatic carbocycles. The van der Waals surface area contributed by atoms with Crippen LogP contribution in [-0.4, -0.2) is 100 Å². The molecular weight excluding hydrogens is 441 g/mol. The number of carbonyl (C=O) groups is 1. The van der Waals surface area contributed by atoms with E-state index in [2.05, 4.69) is 20.8 Å². The summed E-state index contributed by atoms with van der Waals surface area (Å²) in [5, 5.41) is 22.8. The summed E-state index contributed by atoms with van der Waals surface area (Å²) in [5.41, 5.74) is 0.408. The first-order valence-electron chi connectivity index (χ1n) is 7.43. The monoisotopic (exact) mass is 462 g/mol. The van der Waals surface area contributed by atoms with Crippen LogP contribution in [0.4, 0.5) is 0 Å². The van der Waals surface area contributed by atoms with E-state index in [9.17, 15) is 4.79 Å². The third-order valence-electron chi connectivity index (χ3n) is 3.65. The molecule has 2 rings (SSSR count). The van der Waals surface area contributed by atoms with Crippen LogP contribution in [0.15, 0.2) is 0 Å². The minimum atomic E-state index is -0.155. The van der Waals surface area contributed by atoms with Crippen molar-refractivity contribution in [2.75, 3.05) is 19.6 Å². The molecule has 1 amide bonds. The molecule has 23 heavy (non-hydrogen) atoms. The van der Waals surface area contributed by atoms with Crippen LogP contribution in [0, 0.1) is 11.3 Å². The molecule has 6 nitrogen and oxygen atoms in total. The van der Waals surface area contributed by atoms with Crippen molar-refractivity contribution in [1.29, 1.82) is 5.41 Å². The van der Waals surface area contributed by atoms with Crippen LogP contribution in [0.1, 0.15) is 36.7 Å². The molecule has 2 radical (unpaired) electrons. The van der Waals surface area contributed by atoms with Gasteiger partial charge in [0.1, 0.15) is 0 Å². The van der Waals surface area contributed by atoms with Crippen molar-refractivity contribution in [3.8, 4) is 0 Å². The Labute approximate surface area is 210 Å². The number of hydrogen-bond donors (Lipinski definition) is 3. The molecule has 1 fully saturated rings. The zero-order chi connectivity index (χ0) is 15.1.